The van der Waals surface area contributed by atoms with E-state index in [1.807, 2.05) is 37.3 Å². The first-order valence-corrected chi connectivity index (χ1v) is 13.2. The summed E-state index contributed by atoms with van der Waals surface area (Å²) in [5, 5.41) is 0. The number of aryl methyl sites for hydroxylation is 2. The second-order valence-corrected chi connectivity index (χ2v) is 10.9. The average Bonchev–Trinajstić information content (AvgIpc) is 3.52. The highest BCUT2D eigenvalue weighted by Crippen LogP contribution is 2.36. The van der Waals surface area contributed by atoms with E-state index < -0.39 is 10.0 Å². The summed E-state index contributed by atoms with van der Waals surface area (Å²) in [4.78, 5) is 22.3. The molecule has 34 heavy (non-hydrogen) atoms. The van der Waals surface area contributed by atoms with Gasteiger partial charge in [0.25, 0.3) is 0 Å². The highest BCUT2D eigenvalue weighted by Gasteiger charge is 2.27. The Labute approximate surface area is 198 Å². The van der Waals surface area contributed by atoms with E-state index >= 15 is 0 Å². The van der Waals surface area contributed by atoms with Crippen molar-refractivity contribution < 1.29 is 8.42 Å². The van der Waals surface area contributed by atoms with E-state index in [-0.39, 0.29) is 0 Å². The van der Waals surface area contributed by atoms with Crippen LogP contribution in [-0.4, -0.2) is 55.0 Å². The summed E-state index contributed by atoms with van der Waals surface area (Å²) in [6, 6.07) is 10.0. The lowest BCUT2D eigenvalue weighted by Crippen LogP contribution is -2.35. The molecule has 174 valence electrons. The van der Waals surface area contributed by atoms with Crippen LogP contribution in [0.25, 0.3) is 34.2 Å². The maximum absolute atomic E-state index is 12.0. The zero-order chi connectivity index (χ0) is 23.4. The Morgan fingerprint density at radius 1 is 1.03 bits per heavy atom. The van der Waals surface area contributed by atoms with Crippen molar-refractivity contribution in [3.63, 3.8) is 0 Å². The van der Waals surface area contributed by atoms with Gasteiger partial charge in [0.15, 0.2) is 5.82 Å². The van der Waals surface area contributed by atoms with Crippen LogP contribution in [0.4, 0.5) is 0 Å². The van der Waals surface area contributed by atoms with Crippen molar-refractivity contribution in [2.75, 3.05) is 12.8 Å². The van der Waals surface area contributed by atoms with Crippen molar-refractivity contribution in [1.82, 2.24) is 33.8 Å². The van der Waals surface area contributed by atoms with Gasteiger partial charge in [0.2, 0.25) is 10.0 Å². The van der Waals surface area contributed by atoms with Gasteiger partial charge in [-0.05, 0) is 37.6 Å². The fraction of sp³-hybridized carbons (Fsp3) is 0.333. The molecule has 0 saturated carbocycles. The third-order valence-corrected chi connectivity index (χ3v) is 7.75. The molecule has 6 heterocycles. The Kier molecular flexibility index (Phi) is 4.89. The molecule has 0 aliphatic carbocycles. The number of aromatic nitrogens is 6. The minimum atomic E-state index is -3.25. The van der Waals surface area contributed by atoms with Crippen molar-refractivity contribution in [3.05, 3.63) is 59.4 Å². The molecule has 2 aliphatic heterocycles. The number of pyridine rings is 2. The Balaban J connectivity index is 1.42. The van der Waals surface area contributed by atoms with Crippen LogP contribution < -0.4 is 0 Å². The summed E-state index contributed by atoms with van der Waals surface area (Å²) in [6.07, 6.45) is 5.65. The molecule has 0 spiro atoms. The van der Waals surface area contributed by atoms with Crippen molar-refractivity contribution in [2.45, 2.75) is 39.3 Å². The van der Waals surface area contributed by atoms with Gasteiger partial charge < -0.3 is 9.55 Å². The second-order valence-electron chi connectivity index (χ2n) is 8.93. The quantitative estimate of drug-likeness (QED) is 0.486. The highest BCUT2D eigenvalue weighted by molar-refractivity contribution is 7.88. The zero-order valence-corrected chi connectivity index (χ0v) is 19.9. The van der Waals surface area contributed by atoms with Crippen molar-refractivity contribution in [3.8, 4) is 34.2 Å². The zero-order valence-electron chi connectivity index (χ0n) is 19.1. The second kappa shape index (κ2) is 7.85. The minimum Gasteiger partial charge on any atom is -0.339 e. The molecule has 4 aromatic heterocycles. The summed E-state index contributed by atoms with van der Waals surface area (Å²) >= 11 is 0. The van der Waals surface area contributed by atoms with E-state index in [0.29, 0.717) is 25.3 Å². The predicted octanol–water partition coefficient (Wildman–Crippen LogP) is 2.97. The van der Waals surface area contributed by atoms with Crippen LogP contribution in [0.5, 0.6) is 0 Å². The number of hydrogen-bond donors (Lipinski definition) is 1. The van der Waals surface area contributed by atoms with Crippen LogP contribution in [0.15, 0.2) is 36.5 Å². The molecular weight excluding hydrogens is 450 g/mol. The van der Waals surface area contributed by atoms with E-state index in [4.69, 9.17) is 15.0 Å². The van der Waals surface area contributed by atoms with Gasteiger partial charge in [-0.1, -0.05) is 6.07 Å². The Hall–Kier alpha value is -3.37. The van der Waals surface area contributed by atoms with Gasteiger partial charge in [0, 0.05) is 43.4 Å². The van der Waals surface area contributed by atoms with Gasteiger partial charge >= 0.3 is 0 Å². The van der Waals surface area contributed by atoms with E-state index in [9.17, 15) is 8.42 Å². The lowest BCUT2D eigenvalue weighted by molar-refractivity contribution is 0.389. The van der Waals surface area contributed by atoms with E-state index in [2.05, 4.69) is 14.5 Å². The molecule has 4 aromatic rings. The number of sulfonamides is 1. The number of fused-ring (bicyclic) bond motifs is 2. The summed E-state index contributed by atoms with van der Waals surface area (Å²) in [6.45, 7) is 3.66. The molecule has 0 aromatic carbocycles. The van der Waals surface area contributed by atoms with Crippen LogP contribution in [0.3, 0.4) is 0 Å². The van der Waals surface area contributed by atoms with E-state index in [0.717, 1.165) is 70.6 Å². The van der Waals surface area contributed by atoms with Crippen LogP contribution in [0, 0.1) is 6.92 Å². The molecule has 0 bridgehead atoms. The SMILES string of the molecule is Cc1cccc(-c2nc3n(c2-c2ccnc(-c4nc5c([nH]4)CN(S(C)(=O)=O)CC5)c2)CCC3)n1. The smallest absolute Gasteiger partial charge is 0.211 e. The van der Waals surface area contributed by atoms with Gasteiger partial charge in [-0.3, -0.25) is 9.97 Å². The van der Waals surface area contributed by atoms with Crippen molar-refractivity contribution in [1.29, 1.82) is 0 Å². The molecule has 0 unspecified atom stereocenters. The monoisotopic (exact) mass is 475 g/mol. The van der Waals surface area contributed by atoms with E-state index in [1.165, 1.54) is 10.6 Å². The molecule has 1 N–H and O–H groups in total. The number of hydrogen-bond acceptors (Lipinski definition) is 6. The molecule has 0 radical (unpaired) electrons. The number of H-pyrrole nitrogens is 1. The maximum atomic E-state index is 12.0. The van der Waals surface area contributed by atoms with Crippen LogP contribution in [-0.2, 0) is 36.0 Å². The first-order chi connectivity index (χ1) is 16.4. The highest BCUT2D eigenvalue weighted by atomic mass is 32.2. The third-order valence-electron chi connectivity index (χ3n) is 6.50. The Morgan fingerprint density at radius 2 is 1.91 bits per heavy atom. The third kappa shape index (κ3) is 3.63. The van der Waals surface area contributed by atoms with E-state index in [1.54, 1.807) is 6.20 Å². The molecule has 0 saturated heterocycles. The summed E-state index contributed by atoms with van der Waals surface area (Å²) in [7, 11) is -3.25. The van der Waals surface area contributed by atoms with Gasteiger partial charge in [-0.15, -0.1) is 0 Å². The standard InChI is InChI=1S/C24H25N7O2S/c1-15-5-3-6-18(26-15)22-23(31-11-4-7-21(31)29-22)16-8-10-25-19(13-16)24-27-17-9-12-30(34(2,32)33)14-20(17)28-24/h3,5-6,8,10,13H,4,7,9,11-12,14H2,1-2H3,(H,27,28). The average molecular weight is 476 g/mol. The van der Waals surface area contributed by atoms with Gasteiger partial charge in [0.1, 0.15) is 17.2 Å². The van der Waals surface area contributed by atoms with Crippen molar-refractivity contribution in [2.24, 2.45) is 0 Å². The molecule has 10 heteroatoms. The van der Waals surface area contributed by atoms with Crippen LogP contribution >= 0.6 is 0 Å². The molecule has 0 atom stereocenters. The van der Waals surface area contributed by atoms with Gasteiger partial charge in [-0.25, -0.2) is 18.4 Å². The topological polar surface area (TPSA) is 110 Å². The first kappa shape index (κ1) is 21.2. The van der Waals surface area contributed by atoms with Gasteiger partial charge in [-0.2, -0.15) is 4.31 Å². The lowest BCUT2D eigenvalue weighted by atomic mass is 10.1. The number of rotatable bonds is 4. The molecule has 2 aliphatic rings. The summed E-state index contributed by atoms with van der Waals surface area (Å²) < 4.78 is 27.7. The Morgan fingerprint density at radius 3 is 2.74 bits per heavy atom. The lowest BCUT2D eigenvalue weighted by Gasteiger charge is -2.23. The fourth-order valence-electron chi connectivity index (χ4n) is 4.85. The number of imidazole rings is 2. The number of nitrogens with zero attached hydrogens (tertiary/aromatic N) is 6. The van der Waals surface area contributed by atoms with Gasteiger partial charge in [0.05, 0.1) is 35.6 Å². The predicted molar refractivity (Wildman–Crippen MR) is 128 cm³/mol. The van der Waals surface area contributed by atoms with Crippen molar-refractivity contribution >= 4 is 10.0 Å². The first-order valence-electron chi connectivity index (χ1n) is 11.4. The molecule has 0 fully saturated rings. The molecule has 9 nitrogen and oxygen atoms in total. The molecular formula is C24H25N7O2S. The normalized spacial score (nSPS) is 15.9. The molecule has 6 rings (SSSR count). The number of nitrogens with one attached hydrogen (secondary N) is 1. The maximum Gasteiger partial charge on any atom is 0.211 e. The Bertz CT molecular complexity index is 1520. The fourth-order valence-corrected chi connectivity index (χ4v) is 5.64. The summed E-state index contributed by atoms with van der Waals surface area (Å²) in [5.74, 6) is 1.74. The summed E-state index contributed by atoms with van der Waals surface area (Å²) in [5.41, 5.74) is 7.21. The van der Waals surface area contributed by atoms with Crippen LogP contribution in [0.1, 0.15) is 29.3 Å². The number of aromatic amines is 1. The minimum absolute atomic E-state index is 0.306. The van der Waals surface area contributed by atoms with Crippen LogP contribution in [0.2, 0.25) is 0 Å². The molecule has 0 amide bonds. The largest absolute Gasteiger partial charge is 0.339 e.